The van der Waals surface area contributed by atoms with Crippen molar-refractivity contribution in [1.82, 2.24) is 9.80 Å². The zero-order chi connectivity index (χ0) is 11.4. The normalized spacial score (nSPS) is 17.0. The highest BCUT2D eigenvalue weighted by molar-refractivity contribution is 5.26. The van der Waals surface area contributed by atoms with E-state index in [0.29, 0.717) is 12.1 Å². The van der Waals surface area contributed by atoms with Crippen molar-refractivity contribution in [2.75, 3.05) is 34.2 Å². The summed E-state index contributed by atoms with van der Waals surface area (Å²) in [6.45, 7) is 1.76. The maximum Gasteiger partial charge on any atom is 0.143 e. The number of halogens is 1. The van der Waals surface area contributed by atoms with E-state index >= 15 is 0 Å². The number of allylic oxidation sites excluding steroid dienone is 4. The summed E-state index contributed by atoms with van der Waals surface area (Å²) in [5.41, 5.74) is 6.98. The van der Waals surface area contributed by atoms with E-state index in [4.69, 9.17) is 5.73 Å². The van der Waals surface area contributed by atoms with Crippen LogP contribution in [0.4, 0.5) is 4.39 Å². The number of likely N-dealkylation sites (N-methyl/N-ethyl adjacent to an activating group) is 2. The van der Waals surface area contributed by atoms with Crippen LogP contribution in [0.3, 0.4) is 0 Å². The molecule has 0 radical (unpaired) electrons. The molecule has 4 heteroatoms. The molecule has 0 fully saturated rings. The van der Waals surface area contributed by atoms with Gasteiger partial charge < -0.3 is 15.5 Å². The fourth-order valence-corrected chi connectivity index (χ4v) is 1.56. The molecule has 0 spiro atoms. The summed E-state index contributed by atoms with van der Waals surface area (Å²) in [6.07, 6.45) is 2.90. The van der Waals surface area contributed by atoms with E-state index in [1.54, 1.807) is 0 Å². The predicted octanol–water partition coefficient (Wildman–Crippen LogP) is 1.30. The van der Waals surface area contributed by atoms with Gasteiger partial charge in [0.1, 0.15) is 5.83 Å². The van der Waals surface area contributed by atoms with Gasteiger partial charge in [-0.05, 0) is 33.0 Å². The Kier molecular flexibility index (Phi) is 4.15. The van der Waals surface area contributed by atoms with Crippen LogP contribution in [-0.2, 0) is 0 Å². The molecule has 0 unspecified atom stereocenters. The van der Waals surface area contributed by atoms with Crippen molar-refractivity contribution < 1.29 is 4.39 Å². The quantitative estimate of drug-likeness (QED) is 0.764. The van der Waals surface area contributed by atoms with Gasteiger partial charge in [-0.25, -0.2) is 4.39 Å². The number of nitrogens with zero attached hydrogens (tertiary/aromatic N) is 2. The van der Waals surface area contributed by atoms with Crippen LogP contribution in [0.25, 0.3) is 0 Å². The minimum absolute atomic E-state index is 0.181. The summed E-state index contributed by atoms with van der Waals surface area (Å²) in [6, 6.07) is 0. The average Bonchev–Trinajstić information content (AvgIpc) is 2.14. The lowest BCUT2D eigenvalue weighted by Gasteiger charge is -2.26. The Bertz CT molecular complexity index is 282. The molecule has 0 aromatic carbocycles. The molecule has 1 aliphatic rings. The van der Waals surface area contributed by atoms with E-state index < -0.39 is 0 Å². The average molecular weight is 213 g/mol. The first-order chi connectivity index (χ1) is 7.00. The van der Waals surface area contributed by atoms with E-state index in [1.807, 2.05) is 26.0 Å². The highest BCUT2D eigenvalue weighted by Gasteiger charge is 2.15. The number of nitrogens with two attached hydrogens (primary N) is 1. The number of hydrogen-bond donors (Lipinski definition) is 1. The van der Waals surface area contributed by atoms with E-state index in [2.05, 4.69) is 4.90 Å². The van der Waals surface area contributed by atoms with Crippen LogP contribution in [0, 0.1) is 0 Å². The van der Waals surface area contributed by atoms with Crippen molar-refractivity contribution in [1.29, 1.82) is 0 Å². The third-order valence-electron chi connectivity index (χ3n) is 2.58. The maximum absolute atomic E-state index is 13.5. The van der Waals surface area contributed by atoms with Gasteiger partial charge in [0.2, 0.25) is 0 Å². The maximum atomic E-state index is 13.5. The van der Waals surface area contributed by atoms with Crippen molar-refractivity contribution >= 4 is 0 Å². The number of rotatable bonds is 4. The second kappa shape index (κ2) is 5.16. The summed E-state index contributed by atoms with van der Waals surface area (Å²) in [5.74, 6) is -0.181. The van der Waals surface area contributed by atoms with Gasteiger partial charge in [-0.15, -0.1) is 0 Å². The Morgan fingerprint density at radius 3 is 2.47 bits per heavy atom. The molecule has 0 saturated carbocycles. The van der Waals surface area contributed by atoms with Gasteiger partial charge in [0, 0.05) is 31.5 Å². The monoisotopic (exact) mass is 213 g/mol. The van der Waals surface area contributed by atoms with Gasteiger partial charge >= 0.3 is 0 Å². The Balaban J connectivity index is 2.59. The lowest BCUT2D eigenvalue weighted by molar-refractivity contribution is 0.311. The van der Waals surface area contributed by atoms with Crippen molar-refractivity contribution in [2.45, 2.75) is 12.8 Å². The van der Waals surface area contributed by atoms with Crippen LogP contribution in [0.1, 0.15) is 12.8 Å². The van der Waals surface area contributed by atoms with Crippen LogP contribution < -0.4 is 5.73 Å². The van der Waals surface area contributed by atoms with Crippen LogP contribution in [0.2, 0.25) is 0 Å². The highest BCUT2D eigenvalue weighted by atomic mass is 19.1. The van der Waals surface area contributed by atoms with Gasteiger partial charge in [-0.3, -0.25) is 0 Å². The van der Waals surface area contributed by atoms with Crippen molar-refractivity contribution in [3.63, 3.8) is 0 Å². The predicted molar refractivity (Wildman–Crippen MR) is 60.8 cm³/mol. The summed E-state index contributed by atoms with van der Waals surface area (Å²) in [7, 11) is 5.95. The molecule has 1 rings (SSSR count). The smallest absolute Gasteiger partial charge is 0.143 e. The molecule has 0 aliphatic heterocycles. The van der Waals surface area contributed by atoms with E-state index in [1.165, 1.54) is 6.08 Å². The molecule has 15 heavy (non-hydrogen) atoms. The first-order valence-electron chi connectivity index (χ1n) is 5.21. The lowest BCUT2D eigenvalue weighted by Crippen LogP contribution is -2.29. The van der Waals surface area contributed by atoms with Crippen LogP contribution in [-0.4, -0.2) is 44.0 Å². The molecular weight excluding hydrogens is 193 g/mol. The minimum Gasteiger partial charge on any atom is -0.402 e. The summed E-state index contributed by atoms with van der Waals surface area (Å²) in [4.78, 5) is 4.06. The van der Waals surface area contributed by atoms with Crippen molar-refractivity contribution in [3.05, 3.63) is 23.3 Å². The molecule has 86 valence electrons. The minimum atomic E-state index is -0.181. The van der Waals surface area contributed by atoms with Crippen molar-refractivity contribution in [2.24, 2.45) is 5.73 Å². The zero-order valence-electron chi connectivity index (χ0n) is 9.76. The molecular formula is C11H20FN3. The fraction of sp³-hybridized carbons (Fsp3) is 0.636. The van der Waals surface area contributed by atoms with Gasteiger partial charge in [-0.2, -0.15) is 0 Å². The Labute approximate surface area is 91.0 Å². The molecule has 0 aromatic rings. The molecule has 0 amide bonds. The first kappa shape index (κ1) is 12.0. The molecule has 0 saturated heterocycles. The molecule has 1 aliphatic carbocycles. The molecule has 0 bridgehead atoms. The van der Waals surface area contributed by atoms with Gasteiger partial charge in [-0.1, -0.05) is 0 Å². The van der Waals surface area contributed by atoms with Crippen LogP contribution in [0.5, 0.6) is 0 Å². The van der Waals surface area contributed by atoms with Gasteiger partial charge in [0.25, 0.3) is 0 Å². The molecule has 2 N–H and O–H groups in total. The van der Waals surface area contributed by atoms with Crippen LogP contribution >= 0.6 is 0 Å². The Hall–Kier alpha value is -1.03. The SMILES string of the molecule is CN(C)CCN(C)C1=C(F)C=C(N)CC1. The topological polar surface area (TPSA) is 32.5 Å². The third kappa shape index (κ3) is 3.55. The van der Waals surface area contributed by atoms with Gasteiger partial charge in [0.05, 0.1) is 0 Å². The van der Waals surface area contributed by atoms with E-state index in [-0.39, 0.29) is 5.83 Å². The standard InChI is InChI=1S/C11H20FN3/c1-14(2)6-7-15(3)11-5-4-9(13)8-10(11)12/h8H,4-7,13H2,1-3H3. The Morgan fingerprint density at radius 1 is 1.27 bits per heavy atom. The third-order valence-corrected chi connectivity index (χ3v) is 2.58. The molecule has 0 atom stereocenters. The van der Waals surface area contributed by atoms with Crippen molar-refractivity contribution in [3.8, 4) is 0 Å². The first-order valence-corrected chi connectivity index (χ1v) is 5.21. The molecule has 0 heterocycles. The summed E-state index contributed by atoms with van der Waals surface area (Å²) < 4.78 is 13.5. The largest absolute Gasteiger partial charge is 0.402 e. The van der Waals surface area contributed by atoms with E-state index in [0.717, 1.165) is 25.2 Å². The highest BCUT2D eigenvalue weighted by Crippen LogP contribution is 2.24. The summed E-state index contributed by atoms with van der Waals surface area (Å²) >= 11 is 0. The zero-order valence-corrected chi connectivity index (χ0v) is 9.76. The lowest BCUT2D eigenvalue weighted by atomic mass is 10.1. The molecule has 0 aromatic heterocycles. The fourth-order valence-electron chi connectivity index (χ4n) is 1.56. The second-order valence-corrected chi connectivity index (χ2v) is 4.24. The second-order valence-electron chi connectivity index (χ2n) is 4.24. The Morgan fingerprint density at radius 2 is 1.93 bits per heavy atom. The van der Waals surface area contributed by atoms with Crippen LogP contribution in [0.15, 0.2) is 23.3 Å². The molecule has 3 nitrogen and oxygen atoms in total. The summed E-state index contributed by atoms with van der Waals surface area (Å²) in [5, 5.41) is 0. The van der Waals surface area contributed by atoms with Gasteiger partial charge in [0.15, 0.2) is 0 Å². The number of hydrogen-bond acceptors (Lipinski definition) is 3. The van der Waals surface area contributed by atoms with E-state index in [9.17, 15) is 4.39 Å².